The second kappa shape index (κ2) is 4.79. The van der Waals surface area contributed by atoms with E-state index in [1.54, 1.807) is 13.4 Å². The highest BCUT2D eigenvalue weighted by molar-refractivity contribution is 5.06. The molecule has 15 heavy (non-hydrogen) atoms. The zero-order chi connectivity index (χ0) is 10.7. The average Bonchev–Trinajstić information content (AvgIpc) is 2.89. The van der Waals surface area contributed by atoms with E-state index in [2.05, 4.69) is 4.90 Å². The van der Waals surface area contributed by atoms with Gasteiger partial charge in [0.15, 0.2) is 0 Å². The van der Waals surface area contributed by atoms with Crippen molar-refractivity contribution in [3.63, 3.8) is 0 Å². The van der Waals surface area contributed by atoms with Gasteiger partial charge in [0, 0.05) is 26.7 Å². The smallest absolute Gasteiger partial charge is 0.122 e. The SMILES string of the molecule is COC1CCN(C(CN)c2ccco2)C1. The van der Waals surface area contributed by atoms with E-state index in [4.69, 9.17) is 14.9 Å². The third-order valence-electron chi connectivity index (χ3n) is 3.05. The lowest BCUT2D eigenvalue weighted by Crippen LogP contribution is -2.32. The summed E-state index contributed by atoms with van der Waals surface area (Å²) in [6, 6.07) is 4.08. The van der Waals surface area contributed by atoms with Gasteiger partial charge < -0.3 is 14.9 Å². The summed E-state index contributed by atoms with van der Waals surface area (Å²) >= 11 is 0. The Hall–Kier alpha value is -0.840. The predicted molar refractivity (Wildman–Crippen MR) is 57.5 cm³/mol. The van der Waals surface area contributed by atoms with Crippen molar-refractivity contribution < 1.29 is 9.15 Å². The minimum absolute atomic E-state index is 0.195. The highest BCUT2D eigenvalue weighted by Gasteiger charge is 2.29. The maximum Gasteiger partial charge on any atom is 0.122 e. The van der Waals surface area contributed by atoms with Gasteiger partial charge >= 0.3 is 0 Å². The summed E-state index contributed by atoms with van der Waals surface area (Å²) in [7, 11) is 1.76. The zero-order valence-corrected chi connectivity index (χ0v) is 9.06. The molecule has 1 aromatic rings. The van der Waals surface area contributed by atoms with Crippen LogP contribution >= 0.6 is 0 Å². The number of rotatable bonds is 4. The summed E-state index contributed by atoms with van der Waals surface area (Å²) in [4.78, 5) is 2.33. The van der Waals surface area contributed by atoms with Gasteiger partial charge in [-0.05, 0) is 18.6 Å². The van der Waals surface area contributed by atoms with Gasteiger partial charge in [-0.15, -0.1) is 0 Å². The second-order valence-corrected chi connectivity index (χ2v) is 3.91. The summed E-state index contributed by atoms with van der Waals surface area (Å²) in [5.74, 6) is 0.953. The number of nitrogens with two attached hydrogens (primary N) is 1. The van der Waals surface area contributed by atoms with E-state index in [9.17, 15) is 0 Å². The highest BCUT2D eigenvalue weighted by atomic mass is 16.5. The fourth-order valence-corrected chi connectivity index (χ4v) is 2.16. The van der Waals surface area contributed by atoms with Crippen LogP contribution in [0.15, 0.2) is 22.8 Å². The minimum atomic E-state index is 0.195. The van der Waals surface area contributed by atoms with E-state index in [0.29, 0.717) is 12.6 Å². The largest absolute Gasteiger partial charge is 0.468 e. The molecule has 2 unspecified atom stereocenters. The molecule has 1 aliphatic heterocycles. The number of hydrogen-bond acceptors (Lipinski definition) is 4. The molecule has 0 amide bonds. The lowest BCUT2D eigenvalue weighted by molar-refractivity contribution is 0.0990. The molecule has 1 saturated heterocycles. The molecular formula is C11H18N2O2. The first-order chi connectivity index (χ1) is 7.35. The molecule has 4 heteroatoms. The number of furan rings is 1. The van der Waals surface area contributed by atoms with Crippen molar-refractivity contribution in [3.05, 3.63) is 24.2 Å². The molecule has 1 aliphatic rings. The number of methoxy groups -OCH3 is 1. The number of likely N-dealkylation sites (tertiary alicyclic amines) is 1. The summed E-state index contributed by atoms with van der Waals surface area (Å²) in [5, 5.41) is 0. The topological polar surface area (TPSA) is 51.6 Å². The molecule has 0 spiro atoms. The third kappa shape index (κ3) is 2.22. The summed E-state index contributed by atoms with van der Waals surface area (Å²) in [6.45, 7) is 2.56. The van der Waals surface area contributed by atoms with E-state index in [1.165, 1.54) is 0 Å². The zero-order valence-electron chi connectivity index (χ0n) is 9.06. The van der Waals surface area contributed by atoms with Crippen LogP contribution < -0.4 is 5.73 Å². The Morgan fingerprint density at radius 2 is 2.60 bits per heavy atom. The van der Waals surface area contributed by atoms with Gasteiger partial charge in [-0.1, -0.05) is 0 Å². The first kappa shape index (κ1) is 10.7. The maximum atomic E-state index is 5.79. The van der Waals surface area contributed by atoms with Crippen LogP contribution in [0, 0.1) is 0 Å². The van der Waals surface area contributed by atoms with Crippen molar-refractivity contribution in [2.45, 2.75) is 18.6 Å². The molecule has 0 saturated carbocycles. The maximum absolute atomic E-state index is 5.79. The molecule has 1 fully saturated rings. The fourth-order valence-electron chi connectivity index (χ4n) is 2.16. The molecule has 84 valence electrons. The molecule has 2 rings (SSSR count). The quantitative estimate of drug-likeness (QED) is 0.805. The second-order valence-electron chi connectivity index (χ2n) is 3.91. The third-order valence-corrected chi connectivity index (χ3v) is 3.05. The van der Waals surface area contributed by atoms with Crippen LogP contribution in [-0.4, -0.2) is 37.7 Å². The lowest BCUT2D eigenvalue weighted by atomic mass is 10.2. The van der Waals surface area contributed by atoms with Gasteiger partial charge in [0.1, 0.15) is 5.76 Å². The Morgan fingerprint density at radius 3 is 3.13 bits per heavy atom. The van der Waals surface area contributed by atoms with Gasteiger partial charge in [0.05, 0.1) is 18.4 Å². The molecule has 2 atom stereocenters. The van der Waals surface area contributed by atoms with Crippen LogP contribution in [0.25, 0.3) is 0 Å². The van der Waals surface area contributed by atoms with Gasteiger partial charge in [-0.2, -0.15) is 0 Å². The van der Waals surface area contributed by atoms with Crippen molar-refractivity contribution in [2.24, 2.45) is 5.73 Å². The summed E-state index contributed by atoms with van der Waals surface area (Å²) in [5.41, 5.74) is 5.79. The molecule has 0 bridgehead atoms. The average molecular weight is 210 g/mol. The Bertz CT molecular complexity index is 287. The summed E-state index contributed by atoms with van der Waals surface area (Å²) < 4.78 is 10.7. The van der Waals surface area contributed by atoms with E-state index >= 15 is 0 Å². The standard InChI is InChI=1S/C11H18N2O2/c1-14-9-4-5-13(8-9)10(7-12)11-3-2-6-15-11/h2-3,6,9-10H,4-5,7-8,12H2,1H3. The number of ether oxygens (including phenoxy) is 1. The van der Waals surface area contributed by atoms with Crippen molar-refractivity contribution >= 4 is 0 Å². The molecule has 2 N–H and O–H groups in total. The molecule has 4 nitrogen and oxygen atoms in total. The first-order valence-electron chi connectivity index (χ1n) is 5.35. The Labute approximate surface area is 90.0 Å². The van der Waals surface area contributed by atoms with E-state index in [0.717, 1.165) is 25.3 Å². The molecule has 0 radical (unpaired) electrons. The van der Waals surface area contributed by atoms with E-state index < -0.39 is 0 Å². The Morgan fingerprint density at radius 1 is 1.73 bits per heavy atom. The highest BCUT2D eigenvalue weighted by Crippen LogP contribution is 2.25. The molecular weight excluding hydrogens is 192 g/mol. The molecule has 0 aromatic carbocycles. The van der Waals surface area contributed by atoms with Gasteiger partial charge in [0.25, 0.3) is 0 Å². The lowest BCUT2D eigenvalue weighted by Gasteiger charge is -2.24. The van der Waals surface area contributed by atoms with E-state index in [1.807, 2.05) is 12.1 Å². The van der Waals surface area contributed by atoms with E-state index in [-0.39, 0.29) is 6.04 Å². The van der Waals surface area contributed by atoms with Gasteiger partial charge in [-0.25, -0.2) is 0 Å². The number of nitrogens with zero attached hydrogens (tertiary/aromatic N) is 1. The van der Waals surface area contributed by atoms with Gasteiger partial charge in [-0.3, -0.25) is 4.90 Å². The van der Waals surface area contributed by atoms with Gasteiger partial charge in [0.2, 0.25) is 0 Å². The van der Waals surface area contributed by atoms with Crippen LogP contribution in [0.3, 0.4) is 0 Å². The van der Waals surface area contributed by atoms with Crippen molar-refractivity contribution in [1.82, 2.24) is 4.90 Å². The van der Waals surface area contributed by atoms with Crippen LogP contribution in [0.5, 0.6) is 0 Å². The molecule has 2 heterocycles. The minimum Gasteiger partial charge on any atom is -0.468 e. The Balaban J connectivity index is 2.02. The fraction of sp³-hybridized carbons (Fsp3) is 0.636. The van der Waals surface area contributed by atoms with Crippen LogP contribution in [-0.2, 0) is 4.74 Å². The predicted octanol–water partition coefficient (Wildman–Crippen LogP) is 1.00. The molecule has 1 aromatic heterocycles. The van der Waals surface area contributed by atoms with Crippen LogP contribution in [0.2, 0.25) is 0 Å². The van der Waals surface area contributed by atoms with Crippen molar-refractivity contribution in [3.8, 4) is 0 Å². The number of hydrogen-bond donors (Lipinski definition) is 1. The Kier molecular flexibility index (Phi) is 3.41. The van der Waals surface area contributed by atoms with Crippen LogP contribution in [0.4, 0.5) is 0 Å². The van der Waals surface area contributed by atoms with Crippen molar-refractivity contribution in [2.75, 3.05) is 26.7 Å². The van der Waals surface area contributed by atoms with Crippen molar-refractivity contribution in [1.29, 1.82) is 0 Å². The molecule has 0 aliphatic carbocycles. The first-order valence-corrected chi connectivity index (χ1v) is 5.35. The normalized spacial score (nSPS) is 24.5. The van der Waals surface area contributed by atoms with Crippen LogP contribution in [0.1, 0.15) is 18.2 Å². The monoisotopic (exact) mass is 210 g/mol. The summed E-state index contributed by atoms with van der Waals surface area (Å²) in [6.07, 6.45) is 3.12.